The van der Waals surface area contributed by atoms with Crippen LogP contribution < -0.4 is 9.64 Å². The van der Waals surface area contributed by atoms with Crippen molar-refractivity contribution in [2.75, 3.05) is 11.4 Å². The summed E-state index contributed by atoms with van der Waals surface area (Å²) < 4.78 is 56.8. The zero-order chi connectivity index (χ0) is 79.1. The number of unbranched alkanes of at least 4 members (excludes halogenated alkanes) is 7. The fourth-order valence-corrected chi connectivity index (χ4v) is 10.0. The Bertz CT molecular complexity index is 3350. The number of azide groups is 1. The number of terminal acetylenes is 1. The van der Waals surface area contributed by atoms with Crippen molar-refractivity contribution >= 4 is 53.1 Å². The Morgan fingerprint density at radius 1 is 0.510 bits per heavy atom. The average molecular weight is 1450 g/mol. The first-order valence-corrected chi connectivity index (χ1v) is 36.6. The van der Waals surface area contributed by atoms with Gasteiger partial charge in [-0.2, -0.15) is 8.78 Å². The number of imide groups is 2. The molecule has 0 aliphatic carbocycles. The van der Waals surface area contributed by atoms with E-state index in [1.54, 1.807) is 0 Å². The molecule has 3 aromatic rings. The smallest absolute Gasteiger partial charge is 0.333 e. The number of ether oxygens (including phenoxy) is 1. The fraction of sp³-hybridized carbons (Fsp3) is 0.614. The average Bonchev–Trinajstić information content (AvgIpc) is 1.04. The van der Waals surface area contributed by atoms with E-state index in [1.165, 1.54) is 25.7 Å². The Hall–Kier alpha value is -8.29. The quantitative estimate of drug-likeness (QED) is 0.00702. The molecule has 0 spiro atoms. The minimum absolute atomic E-state index is 0.0608. The maximum Gasteiger partial charge on any atom is 0.333 e. The summed E-state index contributed by atoms with van der Waals surface area (Å²) in [6, 6.07) is 16.1. The van der Waals surface area contributed by atoms with Crippen LogP contribution in [0.1, 0.15) is 302 Å². The highest BCUT2D eigenvalue weighted by molar-refractivity contribution is 6.12. The Morgan fingerprint density at radius 3 is 1.32 bits per heavy atom. The van der Waals surface area contributed by atoms with E-state index in [9.17, 15) is 55.9 Å². The zero-order valence-corrected chi connectivity index (χ0v) is 65.7. The summed E-state index contributed by atoms with van der Waals surface area (Å²) in [4.78, 5) is 106. The van der Waals surface area contributed by atoms with E-state index >= 15 is 0 Å². The number of carbonyl (C=O) groups is 8. The van der Waals surface area contributed by atoms with Gasteiger partial charge in [0.1, 0.15) is 0 Å². The third kappa shape index (κ3) is 43.7. The van der Waals surface area contributed by atoms with Crippen LogP contribution in [0.4, 0.5) is 23.2 Å². The van der Waals surface area contributed by atoms with Gasteiger partial charge in [0, 0.05) is 85.7 Å². The number of hydroxylamine groups is 4. The van der Waals surface area contributed by atoms with Crippen LogP contribution in [0.15, 0.2) is 71.9 Å². The van der Waals surface area contributed by atoms with Crippen molar-refractivity contribution < 1.29 is 70.3 Å². The highest BCUT2D eigenvalue weighted by Crippen LogP contribution is 2.31. The number of benzene rings is 3. The predicted octanol–water partition coefficient (Wildman–Crippen LogP) is 21.2. The second-order valence-electron chi connectivity index (χ2n) is 33.5. The van der Waals surface area contributed by atoms with Crippen LogP contribution in [0.5, 0.6) is 5.75 Å². The van der Waals surface area contributed by atoms with Crippen molar-refractivity contribution in [2.45, 2.75) is 292 Å². The van der Waals surface area contributed by atoms with Crippen LogP contribution >= 0.6 is 0 Å². The molecule has 1 saturated heterocycles. The fourth-order valence-electron chi connectivity index (χ4n) is 10.0. The summed E-state index contributed by atoms with van der Waals surface area (Å²) in [7, 11) is 0. The van der Waals surface area contributed by atoms with E-state index in [-0.39, 0.29) is 60.3 Å². The number of rotatable bonds is 26. The molecule has 0 bridgehead atoms. The molecule has 576 valence electrons. The van der Waals surface area contributed by atoms with E-state index in [0.717, 1.165) is 112 Å². The number of carbonyl (C=O) groups excluding carboxylic acids is 8. The number of hydrogen-bond donors (Lipinski definition) is 0. The minimum Gasteiger partial charge on any atom is -0.420 e. The molecule has 0 saturated carbocycles. The SMILES string of the molecule is C#CCCCCC(C)(C)C.CC(C)(C)CCCCC(=O)N1Cc2ccccc2C#Cc2ccccc21.CC(C)(C)CCCCC(=O)ON1C(=O)C=CC1=O.CC(C)(C)CCCCC(=O)ON1C(=O)CCC1=O.CC(C)(C)CCCCC(=O)Oc1c(F)c(F)cc(F)c1F.CC(C)(C)CCCCN=[N+]=[N-]. The number of halogens is 4. The van der Waals surface area contributed by atoms with Crippen LogP contribution in [0.2, 0.25) is 0 Å². The lowest BCUT2D eigenvalue weighted by atomic mass is 9.89. The topological polar surface area (TPSA) is 223 Å². The summed E-state index contributed by atoms with van der Waals surface area (Å²) in [5, 5.41) is 4.57. The Morgan fingerprint density at radius 2 is 0.885 bits per heavy atom. The van der Waals surface area contributed by atoms with Gasteiger partial charge in [0.05, 0.1) is 12.2 Å². The van der Waals surface area contributed by atoms with Gasteiger partial charge >= 0.3 is 17.9 Å². The number of para-hydroxylation sites is 1. The van der Waals surface area contributed by atoms with Crippen LogP contribution in [0, 0.1) is 79.9 Å². The van der Waals surface area contributed by atoms with Gasteiger partial charge in [-0.15, -0.1) is 17.4 Å². The highest BCUT2D eigenvalue weighted by Gasteiger charge is 2.33. The highest BCUT2D eigenvalue weighted by atomic mass is 19.2. The standard InChI is InChI=1S/C24H27NO.C15H18F4O2.C13H21NO4.C13H19NO4.C10H18.C8H17N3/c1-24(2,3)17-9-8-14-23(26)25-18-21-12-5-4-10-19(21)15-16-20-11-6-7-13-22(20)25;1-15(2,3)7-5-4-6-11(20)21-14-12(18)9(16)8-10(17)13(14)19;2*1-13(2,3)9-5-4-6-12(17)18-14-10(15)7-8-11(14)16;1-5-6-7-8-9-10(2,3)4;1-8(2,3)6-4-5-7-10-11-9/h4-7,10-13H,8-9,14,17-18H2,1-3H3;8H,4-7H2,1-3H3;4-9H2,1-3H3;7-8H,4-6,9H2,1-3H3;1H,6-9H2,2-4H3;4-7H2,1-3H3. The largest absolute Gasteiger partial charge is 0.420 e. The monoisotopic (exact) mass is 1450 g/mol. The molecular formula is C83H120F4N6O11. The van der Waals surface area contributed by atoms with Gasteiger partial charge in [0.15, 0.2) is 11.6 Å². The molecule has 6 rings (SSSR count). The molecule has 0 N–H and O–H groups in total. The summed E-state index contributed by atoms with van der Waals surface area (Å²) in [5.74, 6) is -2.66. The van der Waals surface area contributed by atoms with Crippen LogP contribution in [-0.4, -0.2) is 64.1 Å². The lowest BCUT2D eigenvalue weighted by Crippen LogP contribution is -2.32. The van der Waals surface area contributed by atoms with Crippen molar-refractivity contribution in [1.82, 2.24) is 10.1 Å². The first-order chi connectivity index (χ1) is 48.3. The number of hydrogen-bond acceptors (Lipinski definition) is 12. The molecule has 0 aromatic heterocycles. The number of anilines is 1. The molecule has 5 amide bonds. The van der Waals surface area contributed by atoms with Crippen molar-refractivity contribution in [3.63, 3.8) is 0 Å². The first kappa shape index (κ1) is 93.7. The van der Waals surface area contributed by atoms with Gasteiger partial charge < -0.3 is 19.3 Å². The predicted molar refractivity (Wildman–Crippen MR) is 402 cm³/mol. The molecule has 1 fully saturated rings. The number of fused-ring (bicyclic) bond motifs is 2. The molecule has 0 radical (unpaired) electrons. The maximum absolute atomic E-state index is 13.3. The molecule has 3 aliphatic rings. The van der Waals surface area contributed by atoms with E-state index in [1.807, 2.05) is 68.1 Å². The summed E-state index contributed by atoms with van der Waals surface area (Å²) in [5.41, 5.74) is 13.8. The first-order valence-electron chi connectivity index (χ1n) is 36.6. The summed E-state index contributed by atoms with van der Waals surface area (Å²) in [6.45, 7) is 40.4. The Balaban J connectivity index is 0.000000642. The number of amides is 5. The maximum atomic E-state index is 13.3. The van der Waals surface area contributed by atoms with Crippen molar-refractivity contribution in [3.8, 4) is 29.9 Å². The van der Waals surface area contributed by atoms with Gasteiger partial charge in [-0.25, -0.2) is 18.4 Å². The van der Waals surface area contributed by atoms with Crippen molar-refractivity contribution in [2.24, 2.45) is 37.6 Å². The van der Waals surface area contributed by atoms with Crippen LogP contribution in [0.3, 0.4) is 0 Å². The summed E-state index contributed by atoms with van der Waals surface area (Å²) in [6.07, 6.45) is 27.1. The molecule has 3 aliphatic heterocycles. The molecule has 0 atom stereocenters. The minimum atomic E-state index is -1.71. The number of nitrogens with zero attached hydrogens (tertiary/aromatic N) is 6. The number of esters is 1. The molecule has 3 aromatic carbocycles. The van der Waals surface area contributed by atoms with Crippen molar-refractivity contribution in [3.05, 3.63) is 117 Å². The molecule has 3 heterocycles. The molecule has 17 nitrogen and oxygen atoms in total. The van der Waals surface area contributed by atoms with Gasteiger partial charge in [0.25, 0.3) is 23.6 Å². The van der Waals surface area contributed by atoms with E-state index in [4.69, 9.17) is 21.6 Å². The van der Waals surface area contributed by atoms with E-state index in [0.29, 0.717) is 65.1 Å². The third-order valence-corrected chi connectivity index (χ3v) is 15.9. The van der Waals surface area contributed by atoms with Crippen LogP contribution in [0.25, 0.3) is 10.4 Å². The second-order valence-corrected chi connectivity index (χ2v) is 33.5. The normalized spacial score (nSPS) is 13.3. The molecule has 21 heteroatoms. The van der Waals surface area contributed by atoms with E-state index < -0.39 is 70.6 Å². The van der Waals surface area contributed by atoms with Crippen molar-refractivity contribution in [1.29, 1.82) is 0 Å². The van der Waals surface area contributed by atoms with E-state index in [2.05, 4.69) is 142 Å². The Kier molecular flexibility index (Phi) is 41.9. The lowest BCUT2D eigenvalue weighted by Gasteiger charge is -2.26. The molecule has 0 unspecified atom stereocenters. The van der Waals surface area contributed by atoms with Gasteiger partial charge in [-0.3, -0.25) is 28.8 Å². The summed E-state index contributed by atoms with van der Waals surface area (Å²) >= 11 is 0. The Labute approximate surface area is 618 Å². The van der Waals surface area contributed by atoms with Crippen LogP contribution in [-0.2, 0) is 54.6 Å². The molecular weight excluding hydrogens is 1330 g/mol. The van der Waals surface area contributed by atoms with Gasteiger partial charge in [-0.1, -0.05) is 216 Å². The second kappa shape index (κ2) is 46.5. The lowest BCUT2D eigenvalue weighted by molar-refractivity contribution is -0.197. The zero-order valence-electron chi connectivity index (χ0n) is 65.7. The van der Waals surface area contributed by atoms with Gasteiger partial charge in [0.2, 0.25) is 23.3 Å². The third-order valence-electron chi connectivity index (χ3n) is 15.9. The van der Waals surface area contributed by atoms with Gasteiger partial charge in [-0.05, 0) is 139 Å². The molecule has 104 heavy (non-hydrogen) atoms.